The molecule has 1 aromatic carbocycles. The van der Waals surface area contributed by atoms with Gasteiger partial charge in [-0.25, -0.2) is 5.43 Å². The normalized spacial score (nSPS) is 15.2. The molecule has 3 N–H and O–H groups in total. The average molecular weight is 325 g/mol. The van der Waals surface area contributed by atoms with Gasteiger partial charge in [0.2, 0.25) is 0 Å². The van der Waals surface area contributed by atoms with Crippen LogP contribution in [0.25, 0.3) is 0 Å². The molecule has 0 spiro atoms. The Bertz CT molecular complexity index is 570. The lowest BCUT2D eigenvalue weighted by Gasteiger charge is -2.16. The second-order valence-electron chi connectivity index (χ2n) is 4.25. The zero-order valence-corrected chi connectivity index (χ0v) is 12.1. The van der Waals surface area contributed by atoms with E-state index in [1.54, 1.807) is 11.3 Å². The van der Waals surface area contributed by atoms with Crippen LogP contribution in [0, 0.1) is 0 Å². The number of halogens is 1. The van der Waals surface area contributed by atoms with E-state index in [1.165, 1.54) is 16.7 Å². The Morgan fingerprint density at radius 2 is 2.22 bits per heavy atom. The maximum absolute atomic E-state index is 5.70. The molecule has 3 rings (SSSR count). The van der Waals surface area contributed by atoms with Gasteiger partial charge in [-0.15, -0.1) is 11.3 Å². The van der Waals surface area contributed by atoms with Crippen molar-refractivity contribution in [2.45, 2.75) is 12.5 Å². The number of nitrogens with two attached hydrogens (primary N) is 1. The van der Waals surface area contributed by atoms with Crippen LogP contribution < -0.4 is 16.0 Å². The lowest BCUT2D eigenvalue weighted by Crippen LogP contribution is -2.28. The van der Waals surface area contributed by atoms with Gasteiger partial charge in [-0.1, -0.05) is 12.1 Å². The van der Waals surface area contributed by atoms with Gasteiger partial charge in [-0.05, 0) is 50.1 Å². The highest BCUT2D eigenvalue weighted by atomic mass is 79.9. The van der Waals surface area contributed by atoms with E-state index in [2.05, 4.69) is 44.9 Å². The van der Waals surface area contributed by atoms with Crippen LogP contribution in [0.15, 0.2) is 33.4 Å². The third-order valence-corrected chi connectivity index (χ3v) is 4.66. The molecule has 2 heterocycles. The number of rotatable bonds is 3. The molecular weight excluding hydrogens is 312 g/mol. The predicted molar refractivity (Wildman–Crippen MR) is 76.8 cm³/mol. The summed E-state index contributed by atoms with van der Waals surface area (Å²) in [6.07, 6.45) is 0.980. The Hall–Kier alpha value is -0.880. The summed E-state index contributed by atoms with van der Waals surface area (Å²) in [5, 5.41) is 2.11. The van der Waals surface area contributed by atoms with Crippen LogP contribution in [0.1, 0.15) is 22.7 Å². The molecule has 3 nitrogen and oxygen atoms in total. The van der Waals surface area contributed by atoms with Gasteiger partial charge in [0, 0.05) is 6.42 Å². The molecule has 1 unspecified atom stereocenters. The van der Waals surface area contributed by atoms with E-state index in [1.807, 2.05) is 6.07 Å². The minimum Gasteiger partial charge on any atom is -0.493 e. The molecule has 2 aromatic rings. The van der Waals surface area contributed by atoms with Gasteiger partial charge < -0.3 is 4.74 Å². The maximum Gasteiger partial charge on any atom is 0.122 e. The van der Waals surface area contributed by atoms with E-state index in [0.29, 0.717) is 0 Å². The summed E-state index contributed by atoms with van der Waals surface area (Å²) in [5.74, 6) is 6.70. The summed E-state index contributed by atoms with van der Waals surface area (Å²) in [4.78, 5) is 0. The van der Waals surface area contributed by atoms with Crippen molar-refractivity contribution in [1.29, 1.82) is 0 Å². The molecular formula is C13H13BrN2OS. The van der Waals surface area contributed by atoms with Crippen LogP contribution in [-0.4, -0.2) is 6.61 Å². The SMILES string of the molecule is NNC(c1csc(Br)c1)c1ccc2c(c1)CCO2. The molecule has 0 aliphatic carbocycles. The van der Waals surface area contributed by atoms with Crippen molar-refractivity contribution < 1.29 is 4.74 Å². The molecule has 0 radical (unpaired) electrons. The summed E-state index contributed by atoms with van der Waals surface area (Å²) in [6.45, 7) is 0.781. The minimum absolute atomic E-state index is 0.0263. The fourth-order valence-electron chi connectivity index (χ4n) is 2.25. The molecule has 1 aliphatic heterocycles. The van der Waals surface area contributed by atoms with Crippen molar-refractivity contribution >= 4 is 27.3 Å². The zero-order chi connectivity index (χ0) is 12.5. The van der Waals surface area contributed by atoms with Crippen molar-refractivity contribution in [2.75, 3.05) is 6.61 Å². The second-order valence-corrected chi connectivity index (χ2v) is 6.54. The lowest BCUT2D eigenvalue weighted by molar-refractivity contribution is 0.357. The summed E-state index contributed by atoms with van der Waals surface area (Å²) in [7, 11) is 0. The quantitative estimate of drug-likeness (QED) is 0.674. The molecule has 0 saturated heterocycles. The fraction of sp³-hybridized carbons (Fsp3) is 0.231. The van der Waals surface area contributed by atoms with E-state index in [-0.39, 0.29) is 6.04 Å². The number of nitrogens with one attached hydrogen (secondary N) is 1. The molecule has 0 amide bonds. The average Bonchev–Trinajstić information content (AvgIpc) is 2.99. The van der Waals surface area contributed by atoms with Crippen molar-refractivity contribution in [2.24, 2.45) is 5.84 Å². The second kappa shape index (κ2) is 5.01. The van der Waals surface area contributed by atoms with Crippen LogP contribution in [0.3, 0.4) is 0 Å². The van der Waals surface area contributed by atoms with Gasteiger partial charge in [-0.3, -0.25) is 5.84 Å². The summed E-state index contributed by atoms with van der Waals surface area (Å²) < 4.78 is 6.63. The van der Waals surface area contributed by atoms with Crippen molar-refractivity contribution in [1.82, 2.24) is 5.43 Å². The molecule has 0 fully saturated rings. The predicted octanol–water partition coefficient (Wildman–Crippen LogP) is 3.00. The Labute approximate surface area is 118 Å². The first-order valence-corrected chi connectivity index (χ1v) is 7.41. The number of benzene rings is 1. The molecule has 0 saturated carbocycles. The van der Waals surface area contributed by atoms with Gasteiger partial charge in [0.15, 0.2) is 0 Å². The highest BCUT2D eigenvalue weighted by molar-refractivity contribution is 9.11. The van der Waals surface area contributed by atoms with Crippen molar-refractivity contribution in [3.63, 3.8) is 0 Å². The third-order valence-electron chi connectivity index (χ3n) is 3.13. The minimum atomic E-state index is 0.0263. The largest absolute Gasteiger partial charge is 0.493 e. The Morgan fingerprint density at radius 3 is 2.94 bits per heavy atom. The van der Waals surface area contributed by atoms with Crippen LogP contribution in [0.2, 0.25) is 0 Å². The number of ether oxygens (including phenoxy) is 1. The number of hydrazine groups is 1. The van der Waals surface area contributed by atoms with Crippen LogP contribution in [0.4, 0.5) is 0 Å². The summed E-state index contributed by atoms with van der Waals surface area (Å²) in [6, 6.07) is 8.40. The van der Waals surface area contributed by atoms with Crippen LogP contribution >= 0.6 is 27.3 Å². The first-order valence-electron chi connectivity index (χ1n) is 5.73. The molecule has 1 aliphatic rings. The van der Waals surface area contributed by atoms with Gasteiger partial charge in [0.05, 0.1) is 16.4 Å². The summed E-state index contributed by atoms with van der Waals surface area (Å²) in [5.41, 5.74) is 6.50. The van der Waals surface area contributed by atoms with Gasteiger partial charge in [0.25, 0.3) is 0 Å². The standard InChI is InChI=1S/C13H13BrN2OS/c14-12-6-10(7-18-12)13(16-15)9-1-2-11-8(5-9)3-4-17-11/h1-2,5-7,13,16H,3-4,15H2. The number of fused-ring (bicyclic) bond motifs is 1. The Morgan fingerprint density at radius 1 is 1.33 bits per heavy atom. The Kier molecular flexibility index (Phi) is 3.39. The third kappa shape index (κ3) is 2.19. The highest BCUT2D eigenvalue weighted by Crippen LogP contribution is 2.32. The van der Waals surface area contributed by atoms with E-state index in [0.717, 1.165) is 22.6 Å². The van der Waals surface area contributed by atoms with Crippen LogP contribution in [-0.2, 0) is 6.42 Å². The van der Waals surface area contributed by atoms with Gasteiger partial charge >= 0.3 is 0 Å². The number of hydrogen-bond acceptors (Lipinski definition) is 4. The molecule has 0 bridgehead atoms. The first-order chi connectivity index (χ1) is 8.78. The van der Waals surface area contributed by atoms with Gasteiger partial charge in [0.1, 0.15) is 5.75 Å². The molecule has 94 valence electrons. The molecule has 1 aromatic heterocycles. The lowest BCUT2D eigenvalue weighted by atomic mass is 9.99. The van der Waals surface area contributed by atoms with E-state index in [9.17, 15) is 0 Å². The first kappa shape index (κ1) is 12.2. The monoisotopic (exact) mass is 324 g/mol. The van der Waals surface area contributed by atoms with Crippen molar-refractivity contribution in [3.05, 3.63) is 50.1 Å². The Balaban J connectivity index is 1.96. The molecule has 18 heavy (non-hydrogen) atoms. The van der Waals surface area contributed by atoms with Gasteiger partial charge in [-0.2, -0.15) is 0 Å². The van der Waals surface area contributed by atoms with Crippen LogP contribution in [0.5, 0.6) is 5.75 Å². The maximum atomic E-state index is 5.70. The van der Waals surface area contributed by atoms with E-state index < -0.39 is 0 Å². The molecule has 5 heteroatoms. The fourth-order valence-corrected chi connectivity index (χ4v) is 3.45. The zero-order valence-electron chi connectivity index (χ0n) is 9.65. The number of thiophene rings is 1. The topological polar surface area (TPSA) is 47.3 Å². The highest BCUT2D eigenvalue weighted by Gasteiger charge is 2.18. The number of hydrogen-bond donors (Lipinski definition) is 2. The van der Waals surface area contributed by atoms with E-state index >= 15 is 0 Å². The molecule has 1 atom stereocenters. The smallest absolute Gasteiger partial charge is 0.122 e. The van der Waals surface area contributed by atoms with E-state index in [4.69, 9.17) is 10.6 Å². The van der Waals surface area contributed by atoms with Crippen molar-refractivity contribution in [3.8, 4) is 5.75 Å². The summed E-state index contributed by atoms with van der Waals surface area (Å²) >= 11 is 5.15.